The summed E-state index contributed by atoms with van der Waals surface area (Å²) >= 11 is 0. The largest absolute Gasteiger partial charge is 0.282 e. The Hall–Kier alpha value is -2.52. The van der Waals surface area contributed by atoms with Crippen LogP contribution in [0.4, 0.5) is 0 Å². The van der Waals surface area contributed by atoms with Gasteiger partial charge in [-0.1, -0.05) is 66.1 Å². The lowest BCUT2D eigenvalue weighted by Crippen LogP contribution is -2.27. The summed E-state index contributed by atoms with van der Waals surface area (Å²) in [5, 5.41) is 2.10. The molecule has 2 aromatic rings. The standard InChI is InChI=1S/C22H19NO/c1-2-8-18(9-3-1)17-23-21-13-7-6-11-19-10-4-5-12-20(19)14-15-22(16-21)24-23/h1-5,8-10,12,21-22H,7,13,16-17H2/t21-,22-/m1/s1. The number of nitrogens with zero attached hydrogens (tertiary/aromatic N) is 1. The zero-order valence-electron chi connectivity index (χ0n) is 13.5. The van der Waals surface area contributed by atoms with E-state index in [0.29, 0.717) is 6.04 Å². The molecule has 0 amide bonds. The fourth-order valence-corrected chi connectivity index (χ4v) is 3.19. The Kier molecular flexibility index (Phi) is 4.34. The highest BCUT2D eigenvalue weighted by Gasteiger charge is 2.32. The molecule has 1 heterocycles. The van der Waals surface area contributed by atoms with Crippen molar-refractivity contribution < 1.29 is 4.84 Å². The molecule has 0 spiro atoms. The van der Waals surface area contributed by atoms with Crippen molar-refractivity contribution in [3.05, 3.63) is 71.3 Å². The molecule has 0 N–H and O–H groups in total. The Bertz CT molecular complexity index is 835. The first-order valence-electron chi connectivity index (χ1n) is 8.45. The topological polar surface area (TPSA) is 12.5 Å². The van der Waals surface area contributed by atoms with Crippen LogP contribution in [0.3, 0.4) is 0 Å². The number of rotatable bonds is 2. The summed E-state index contributed by atoms with van der Waals surface area (Å²) in [6.07, 6.45) is 2.80. The molecule has 2 aromatic carbocycles. The highest BCUT2D eigenvalue weighted by molar-refractivity contribution is 5.50. The maximum absolute atomic E-state index is 6.13. The van der Waals surface area contributed by atoms with Crippen molar-refractivity contribution in [3.8, 4) is 23.7 Å². The number of benzene rings is 2. The van der Waals surface area contributed by atoms with Crippen LogP contribution >= 0.6 is 0 Å². The van der Waals surface area contributed by atoms with E-state index in [-0.39, 0.29) is 6.10 Å². The second-order valence-corrected chi connectivity index (χ2v) is 6.20. The van der Waals surface area contributed by atoms with Crippen molar-refractivity contribution in [3.63, 3.8) is 0 Å². The van der Waals surface area contributed by atoms with E-state index in [4.69, 9.17) is 4.84 Å². The molecule has 2 bridgehead atoms. The normalized spacial score (nSPS) is 22.3. The van der Waals surface area contributed by atoms with Crippen molar-refractivity contribution in [2.24, 2.45) is 0 Å². The van der Waals surface area contributed by atoms with Gasteiger partial charge in [0.15, 0.2) is 0 Å². The third kappa shape index (κ3) is 3.36. The second kappa shape index (κ2) is 6.93. The molecule has 118 valence electrons. The van der Waals surface area contributed by atoms with Crippen molar-refractivity contribution in [1.29, 1.82) is 0 Å². The van der Waals surface area contributed by atoms with E-state index < -0.39 is 0 Å². The minimum absolute atomic E-state index is 0.0372. The maximum Gasteiger partial charge on any atom is 0.141 e. The van der Waals surface area contributed by atoms with Gasteiger partial charge < -0.3 is 0 Å². The zero-order chi connectivity index (χ0) is 16.2. The highest BCUT2D eigenvalue weighted by Crippen LogP contribution is 2.26. The molecule has 2 heteroatoms. The fraction of sp³-hybridized carbons (Fsp3) is 0.273. The minimum Gasteiger partial charge on any atom is -0.282 e. The lowest BCUT2D eigenvalue weighted by atomic mass is 10.1. The van der Waals surface area contributed by atoms with Gasteiger partial charge in [0.25, 0.3) is 0 Å². The van der Waals surface area contributed by atoms with E-state index in [0.717, 1.165) is 36.9 Å². The van der Waals surface area contributed by atoms with Crippen LogP contribution in [0.15, 0.2) is 54.6 Å². The lowest BCUT2D eigenvalue weighted by Gasteiger charge is -2.21. The van der Waals surface area contributed by atoms with E-state index in [1.165, 1.54) is 5.56 Å². The Labute approximate surface area is 143 Å². The first kappa shape index (κ1) is 15.0. The van der Waals surface area contributed by atoms with Gasteiger partial charge in [-0.25, -0.2) is 0 Å². The van der Waals surface area contributed by atoms with Crippen LogP contribution in [0.5, 0.6) is 0 Å². The van der Waals surface area contributed by atoms with Crippen molar-refractivity contribution in [2.75, 3.05) is 0 Å². The van der Waals surface area contributed by atoms with Gasteiger partial charge in [0, 0.05) is 36.6 Å². The maximum atomic E-state index is 6.13. The molecule has 2 atom stereocenters. The monoisotopic (exact) mass is 313 g/mol. The zero-order valence-corrected chi connectivity index (χ0v) is 13.5. The SMILES string of the molecule is C1#Cc2ccccc2C#C[C@@H]2C[C@@H](CC1)N(Cc1ccccc1)O2. The van der Waals surface area contributed by atoms with Crippen molar-refractivity contribution in [1.82, 2.24) is 5.06 Å². The van der Waals surface area contributed by atoms with Crippen LogP contribution in [0, 0.1) is 23.7 Å². The van der Waals surface area contributed by atoms with E-state index in [2.05, 4.69) is 53.0 Å². The Morgan fingerprint density at radius 3 is 2.54 bits per heavy atom. The molecule has 4 rings (SSSR count). The molecule has 1 saturated heterocycles. The van der Waals surface area contributed by atoms with E-state index >= 15 is 0 Å². The Morgan fingerprint density at radius 1 is 0.958 bits per heavy atom. The number of hydrogen-bond acceptors (Lipinski definition) is 2. The second-order valence-electron chi connectivity index (χ2n) is 6.20. The molecule has 1 aliphatic heterocycles. The van der Waals surface area contributed by atoms with Gasteiger partial charge in [-0.15, -0.1) is 0 Å². The van der Waals surface area contributed by atoms with Gasteiger partial charge in [-0.05, 0) is 24.1 Å². The van der Waals surface area contributed by atoms with Crippen LogP contribution in [0.25, 0.3) is 0 Å². The van der Waals surface area contributed by atoms with Crippen LogP contribution in [-0.2, 0) is 11.4 Å². The van der Waals surface area contributed by atoms with Crippen LogP contribution < -0.4 is 0 Å². The molecule has 2 nitrogen and oxygen atoms in total. The summed E-state index contributed by atoms with van der Waals surface area (Å²) < 4.78 is 0. The molecule has 2 aliphatic rings. The molecule has 0 aromatic heterocycles. The molecule has 1 fully saturated rings. The summed E-state index contributed by atoms with van der Waals surface area (Å²) in [5.41, 5.74) is 3.28. The molecule has 0 saturated carbocycles. The average molecular weight is 313 g/mol. The predicted molar refractivity (Wildman–Crippen MR) is 94.7 cm³/mol. The first-order valence-corrected chi connectivity index (χ1v) is 8.45. The third-order valence-electron chi connectivity index (χ3n) is 4.46. The number of hydrogen-bond donors (Lipinski definition) is 0. The Morgan fingerprint density at radius 2 is 1.71 bits per heavy atom. The van der Waals surface area contributed by atoms with Gasteiger partial charge in [0.1, 0.15) is 6.10 Å². The predicted octanol–water partition coefficient (Wildman–Crippen LogP) is 3.76. The minimum atomic E-state index is -0.0372. The summed E-state index contributed by atoms with van der Waals surface area (Å²) in [5.74, 6) is 13.1. The Balaban J connectivity index is 1.58. The van der Waals surface area contributed by atoms with E-state index in [1.807, 2.05) is 30.3 Å². The number of fused-ring (bicyclic) bond motifs is 3. The quantitative estimate of drug-likeness (QED) is 0.783. The summed E-state index contributed by atoms with van der Waals surface area (Å²) in [7, 11) is 0. The molecule has 0 unspecified atom stereocenters. The van der Waals surface area contributed by atoms with Crippen LogP contribution in [-0.4, -0.2) is 17.2 Å². The highest BCUT2D eigenvalue weighted by atomic mass is 16.7. The van der Waals surface area contributed by atoms with Crippen LogP contribution in [0.1, 0.15) is 36.0 Å². The average Bonchev–Trinajstić information content (AvgIpc) is 2.98. The third-order valence-corrected chi connectivity index (χ3v) is 4.46. The smallest absolute Gasteiger partial charge is 0.141 e. The molecule has 24 heavy (non-hydrogen) atoms. The fourth-order valence-electron chi connectivity index (χ4n) is 3.19. The van der Waals surface area contributed by atoms with Crippen LogP contribution in [0.2, 0.25) is 0 Å². The molecular weight excluding hydrogens is 294 g/mol. The lowest BCUT2D eigenvalue weighted by molar-refractivity contribution is -0.156. The molecular formula is C22H19NO. The van der Waals surface area contributed by atoms with Crippen molar-refractivity contribution in [2.45, 2.75) is 38.0 Å². The van der Waals surface area contributed by atoms with E-state index in [1.54, 1.807) is 0 Å². The summed E-state index contributed by atoms with van der Waals surface area (Å²) in [4.78, 5) is 6.13. The van der Waals surface area contributed by atoms with Gasteiger partial charge in [-0.2, -0.15) is 5.06 Å². The van der Waals surface area contributed by atoms with Gasteiger partial charge in [-0.3, -0.25) is 4.84 Å². The van der Waals surface area contributed by atoms with Gasteiger partial charge in [0.05, 0.1) is 0 Å². The number of hydroxylamine groups is 2. The molecule has 0 radical (unpaired) electrons. The van der Waals surface area contributed by atoms with Gasteiger partial charge >= 0.3 is 0 Å². The summed E-state index contributed by atoms with van der Waals surface area (Å²) in [6.45, 7) is 0.799. The first-order chi connectivity index (χ1) is 11.9. The van der Waals surface area contributed by atoms with Gasteiger partial charge in [0.2, 0.25) is 0 Å². The van der Waals surface area contributed by atoms with E-state index in [9.17, 15) is 0 Å². The summed E-state index contributed by atoms with van der Waals surface area (Å²) in [6, 6.07) is 18.9. The molecule has 1 aliphatic carbocycles. The van der Waals surface area contributed by atoms with Crippen molar-refractivity contribution >= 4 is 0 Å².